The molecule has 2 heterocycles. The van der Waals surface area contributed by atoms with Crippen LogP contribution in [-0.4, -0.2) is 46.3 Å². The third-order valence-electron chi connectivity index (χ3n) is 6.97. The van der Waals surface area contributed by atoms with E-state index in [0.29, 0.717) is 16.6 Å². The molecule has 5 rings (SSSR count). The maximum absolute atomic E-state index is 12.6. The Morgan fingerprint density at radius 3 is 2.68 bits per heavy atom. The number of anilines is 1. The average molecular weight is 573 g/mol. The van der Waals surface area contributed by atoms with Crippen molar-refractivity contribution >= 4 is 44.3 Å². The summed E-state index contributed by atoms with van der Waals surface area (Å²) in [6.45, 7) is 2.60. The van der Waals surface area contributed by atoms with E-state index in [1.54, 1.807) is 30.5 Å². The highest BCUT2D eigenvalue weighted by atomic mass is 79.9. The molecular formula is C29H29BrN6O2. The standard InChI is InChI=1S/C29H29BrN6O2/c30-22-9-7-18(8-10-22)29(38)34-23-5-1-3-19(15-23)25(31)12-14-36-13-11-21(17-36)28-33-16-20-4-2-6-24(27(32)37)26(20)35-28/h1-10,15-16,21,25H,11-14,17,31H2,(H2,32,37)(H,34,38). The van der Waals surface area contributed by atoms with Crippen LogP contribution in [-0.2, 0) is 0 Å². The summed E-state index contributed by atoms with van der Waals surface area (Å²) in [5.74, 6) is 0.283. The zero-order valence-electron chi connectivity index (χ0n) is 20.8. The van der Waals surface area contributed by atoms with Crippen molar-refractivity contribution in [1.29, 1.82) is 0 Å². The summed E-state index contributed by atoms with van der Waals surface area (Å²) in [6, 6.07) is 20.2. The Morgan fingerprint density at radius 2 is 1.89 bits per heavy atom. The molecule has 1 fully saturated rings. The molecule has 2 atom stereocenters. The molecule has 0 bridgehead atoms. The summed E-state index contributed by atoms with van der Waals surface area (Å²) in [7, 11) is 0. The summed E-state index contributed by atoms with van der Waals surface area (Å²) in [5, 5.41) is 3.76. The van der Waals surface area contributed by atoms with Gasteiger partial charge in [0, 0.05) is 45.8 Å². The van der Waals surface area contributed by atoms with Gasteiger partial charge in [0.25, 0.3) is 11.8 Å². The quantitative estimate of drug-likeness (QED) is 0.282. The molecule has 0 saturated carbocycles. The third-order valence-corrected chi connectivity index (χ3v) is 7.50. The van der Waals surface area contributed by atoms with E-state index in [-0.39, 0.29) is 17.9 Å². The number of nitrogens with zero attached hydrogens (tertiary/aromatic N) is 3. The number of hydrogen-bond acceptors (Lipinski definition) is 6. The Labute approximate surface area is 229 Å². The summed E-state index contributed by atoms with van der Waals surface area (Å²) >= 11 is 3.39. The van der Waals surface area contributed by atoms with Gasteiger partial charge in [0.1, 0.15) is 5.82 Å². The van der Waals surface area contributed by atoms with Crippen LogP contribution in [0, 0.1) is 0 Å². The van der Waals surface area contributed by atoms with E-state index >= 15 is 0 Å². The monoisotopic (exact) mass is 572 g/mol. The minimum Gasteiger partial charge on any atom is -0.366 e. The van der Waals surface area contributed by atoms with E-state index < -0.39 is 5.91 Å². The number of primary amides is 1. The number of carbonyl (C=O) groups excluding carboxylic acids is 2. The number of hydrogen-bond donors (Lipinski definition) is 3. The number of rotatable bonds is 8. The fraction of sp³-hybridized carbons (Fsp3) is 0.241. The van der Waals surface area contributed by atoms with Gasteiger partial charge in [0.15, 0.2) is 0 Å². The van der Waals surface area contributed by atoms with Gasteiger partial charge in [0.05, 0.1) is 11.1 Å². The van der Waals surface area contributed by atoms with Crippen molar-refractivity contribution in [2.24, 2.45) is 11.5 Å². The molecule has 2 amide bonds. The second-order valence-corrected chi connectivity index (χ2v) is 10.5. The van der Waals surface area contributed by atoms with E-state index in [1.807, 2.05) is 42.5 Å². The minimum absolute atomic E-state index is 0.159. The number of halogens is 1. The molecule has 1 aliphatic rings. The SMILES string of the molecule is NC(=O)c1cccc2cnc(C3CCN(CCC(N)c4cccc(NC(=O)c5ccc(Br)cc5)c4)C3)nc12. The van der Waals surface area contributed by atoms with Gasteiger partial charge in [-0.05, 0) is 74.0 Å². The number of benzene rings is 3. The van der Waals surface area contributed by atoms with Gasteiger partial charge >= 0.3 is 0 Å². The fourth-order valence-corrected chi connectivity index (χ4v) is 5.12. The molecule has 3 aromatic carbocycles. The van der Waals surface area contributed by atoms with Gasteiger partial charge in [-0.3, -0.25) is 9.59 Å². The van der Waals surface area contributed by atoms with Crippen LogP contribution in [0.5, 0.6) is 0 Å². The van der Waals surface area contributed by atoms with Crippen molar-refractivity contribution < 1.29 is 9.59 Å². The lowest BCUT2D eigenvalue weighted by atomic mass is 10.0. The molecule has 4 aromatic rings. The first-order chi connectivity index (χ1) is 18.4. The van der Waals surface area contributed by atoms with Crippen molar-refractivity contribution in [2.75, 3.05) is 25.0 Å². The first-order valence-corrected chi connectivity index (χ1v) is 13.4. The van der Waals surface area contributed by atoms with Crippen LogP contribution in [0.1, 0.15) is 56.9 Å². The summed E-state index contributed by atoms with van der Waals surface area (Å²) in [5.41, 5.74) is 15.4. The van der Waals surface area contributed by atoms with E-state index in [9.17, 15) is 9.59 Å². The van der Waals surface area contributed by atoms with Crippen LogP contribution in [0.25, 0.3) is 10.9 Å². The fourth-order valence-electron chi connectivity index (χ4n) is 4.85. The minimum atomic E-state index is -0.487. The summed E-state index contributed by atoms with van der Waals surface area (Å²) < 4.78 is 0.924. The van der Waals surface area contributed by atoms with Crippen molar-refractivity contribution in [3.05, 3.63) is 99.9 Å². The Hall–Kier alpha value is -3.66. The van der Waals surface area contributed by atoms with Crippen molar-refractivity contribution in [1.82, 2.24) is 14.9 Å². The second kappa shape index (κ2) is 11.4. The number of likely N-dealkylation sites (tertiary alicyclic amines) is 1. The molecule has 194 valence electrons. The van der Waals surface area contributed by atoms with Crippen molar-refractivity contribution in [3.63, 3.8) is 0 Å². The average Bonchev–Trinajstić information content (AvgIpc) is 3.40. The van der Waals surface area contributed by atoms with E-state index in [4.69, 9.17) is 16.5 Å². The van der Waals surface area contributed by atoms with Crippen LogP contribution in [0.4, 0.5) is 5.69 Å². The van der Waals surface area contributed by atoms with Crippen LogP contribution in [0.3, 0.4) is 0 Å². The number of nitrogens with one attached hydrogen (secondary N) is 1. The van der Waals surface area contributed by atoms with Gasteiger partial charge in [-0.2, -0.15) is 0 Å². The highest BCUT2D eigenvalue weighted by Crippen LogP contribution is 2.28. The first kappa shape index (κ1) is 26.0. The Morgan fingerprint density at radius 1 is 1.11 bits per heavy atom. The lowest BCUT2D eigenvalue weighted by molar-refractivity contribution is 0.0998. The Bertz CT molecular complexity index is 1480. The molecule has 8 nitrogen and oxygen atoms in total. The smallest absolute Gasteiger partial charge is 0.255 e. The highest BCUT2D eigenvalue weighted by Gasteiger charge is 2.27. The number of nitrogens with two attached hydrogens (primary N) is 2. The highest BCUT2D eigenvalue weighted by molar-refractivity contribution is 9.10. The first-order valence-electron chi connectivity index (χ1n) is 12.6. The number of amides is 2. The maximum Gasteiger partial charge on any atom is 0.255 e. The van der Waals surface area contributed by atoms with Gasteiger partial charge in [-0.1, -0.05) is 40.2 Å². The largest absolute Gasteiger partial charge is 0.366 e. The zero-order valence-corrected chi connectivity index (χ0v) is 22.4. The Kier molecular flexibility index (Phi) is 7.78. The second-order valence-electron chi connectivity index (χ2n) is 9.60. The number of para-hydroxylation sites is 1. The van der Waals surface area contributed by atoms with E-state index in [1.165, 1.54) is 0 Å². The van der Waals surface area contributed by atoms with Crippen molar-refractivity contribution in [3.8, 4) is 0 Å². The molecule has 1 aromatic heterocycles. The molecule has 38 heavy (non-hydrogen) atoms. The molecular weight excluding hydrogens is 544 g/mol. The summed E-state index contributed by atoms with van der Waals surface area (Å²) in [4.78, 5) is 36.1. The lowest BCUT2D eigenvalue weighted by Crippen LogP contribution is -2.25. The molecule has 1 saturated heterocycles. The normalized spacial score (nSPS) is 16.4. The van der Waals surface area contributed by atoms with Crippen LogP contribution < -0.4 is 16.8 Å². The van der Waals surface area contributed by atoms with Gasteiger partial charge < -0.3 is 21.7 Å². The summed E-state index contributed by atoms with van der Waals surface area (Å²) in [6.07, 6.45) is 3.49. The number of aromatic nitrogens is 2. The molecule has 0 radical (unpaired) electrons. The topological polar surface area (TPSA) is 127 Å². The molecule has 1 aliphatic heterocycles. The van der Waals surface area contributed by atoms with Crippen molar-refractivity contribution in [2.45, 2.75) is 24.8 Å². The number of carbonyl (C=O) groups is 2. The van der Waals surface area contributed by atoms with Gasteiger partial charge in [0.2, 0.25) is 0 Å². The predicted octanol–water partition coefficient (Wildman–Crippen LogP) is 4.62. The number of fused-ring (bicyclic) bond motifs is 1. The van der Waals surface area contributed by atoms with E-state index in [2.05, 4.69) is 31.1 Å². The molecule has 2 unspecified atom stereocenters. The van der Waals surface area contributed by atoms with Gasteiger partial charge in [-0.25, -0.2) is 9.97 Å². The lowest BCUT2D eigenvalue weighted by Gasteiger charge is -2.19. The third kappa shape index (κ3) is 5.91. The maximum atomic E-state index is 12.6. The zero-order chi connectivity index (χ0) is 26.6. The predicted molar refractivity (Wildman–Crippen MR) is 152 cm³/mol. The van der Waals surface area contributed by atoms with E-state index in [0.717, 1.165) is 59.4 Å². The molecule has 0 spiro atoms. The van der Waals surface area contributed by atoms with Crippen LogP contribution >= 0.6 is 15.9 Å². The molecule has 0 aliphatic carbocycles. The van der Waals surface area contributed by atoms with Crippen LogP contribution in [0.2, 0.25) is 0 Å². The molecule has 5 N–H and O–H groups in total. The Balaban J connectivity index is 1.18. The van der Waals surface area contributed by atoms with Gasteiger partial charge in [-0.15, -0.1) is 0 Å². The molecule has 9 heteroatoms. The van der Waals surface area contributed by atoms with Crippen LogP contribution in [0.15, 0.2) is 77.4 Å².